The van der Waals surface area contributed by atoms with Gasteiger partial charge >= 0.3 is 0 Å². The molecule has 4 aromatic rings. The molecule has 3 aromatic carbocycles. The number of ether oxygens (including phenoxy) is 1. The molecular formula is C23H17Cl2NO6S2. The average Bonchev–Trinajstić information content (AvgIpc) is 3.26. The van der Waals surface area contributed by atoms with Crippen LogP contribution < -0.4 is 4.74 Å². The highest BCUT2D eigenvalue weighted by Gasteiger charge is 2.35. The van der Waals surface area contributed by atoms with Crippen molar-refractivity contribution in [3.63, 3.8) is 0 Å². The molecule has 0 atom stereocenters. The predicted octanol–water partition coefficient (Wildman–Crippen LogP) is 5.46. The van der Waals surface area contributed by atoms with Crippen molar-refractivity contribution in [2.45, 2.75) is 20.8 Å². The largest absolute Gasteiger partial charge is 0.497 e. The lowest BCUT2D eigenvalue weighted by molar-refractivity contribution is 0.414. The van der Waals surface area contributed by atoms with Gasteiger partial charge in [-0.25, -0.2) is 16.8 Å². The molecule has 0 fully saturated rings. The molecular weight excluding hydrogens is 521 g/mol. The van der Waals surface area contributed by atoms with Gasteiger partial charge in [-0.15, -0.1) is 0 Å². The molecule has 4 rings (SSSR count). The molecule has 0 saturated carbocycles. The van der Waals surface area contributed by atoms with E-state index in [1.807, 2.05) is 0 Å². The molecule has 0 saturated heterocycles. The van der Waals surface area contributed by atoms with E-state index in [9.17, 15) is 16.8 Å². The third kappa shape index (κ3) is 4.97. The number of benzene rings is 3. The predicted molar refractivity (Wildman–Crippen MR) is 128 cm³/mol. The highest BCUT2D eigenvalue weighted by atomic mass is 35.5. The SMILES string of the molecule is COc1ccc(-c2nc(S(=O)(=O)c3ccccc3)c(S(=O)(=O)Cc3cc(Cl)cc(Cl)c3)o2)cc1. The van der Waals surface area contributed by atoms with E-state index in [1.165, 1.54) is 49.6 Å². The van der Waals surface area contributed by atoms with Crippen molar-refractivity contribution in [2.75, 3.05) is 7.11 Å². The zero-order valence-corrected chi connectivity index (χ0v) is 20.7. The normalized spacial score (nSPS) is 12.0. The van der Waals surface area contributed by atoms with Gasteiger partial charge in [0.15, 0.2) is 0 Å². The molecule has 34 heavy (non-hydrogen) atoms. The van der Waals surface area contributed by atoms with Gasteiger partial charge in [-0.2, -0.15) is 4.98 Å². The van der Waals surface area contributed by atoms with Gasteiger partial charge in [0.25, 0.3) is 5.09 Å². The van der Waals surface area contributed by atoms with Gasteiger partial charge in [0.1, 0.15) is 5.75 Å². The zero-order valence-electron chi connectivity index (χ0n) is 17.6. The number of oxazole rings is 1. The molecule has 0 N–H and O–H groups in total. The van der Waals surface area contributed by atoms with Crippen molar-refractivity contribution < 1.29 is 26.0 Å². The Hall–Kier alpha value is -2.85. The van der Waals surface area contributed by atoms with Crippen LogP contribution in [0.1, 0.15) is 5.56 Å². The maximum Gasteiger partial charge on any atom is 0.258 e. The first-order chi connectivity index (χ1) is 16.1. The van der Waals surface area contributed by atoms with E-state index in [-0.39, 0.29) is 26.4 Å². The zero-order chi connectivity index (χ0) is 24.5. The van der Waals surface area contributed by atoms with Crippen LogP contribution in [-0.2, 0) is 25.4 Å². The summed E-state index contributed by atoms with van der Waals surface area (Å²) in [7, 11) is -7.14. The summed E-state index contributed by atoms with van der Waals surface area (Å²) in [6, 6.07) is 18.1. The van der Waals surface area contributed by atoms with E-state index < -0.39 is 35.5 Å². The molecule has 1 aromatic heterocycles. The highest BCUT2D eigenvalue weighted by Crippen LogP contribution is 2.34. The average molecular weight is 538 g/mol. The number of methoxy groups -OCH3 is 1. The Morgan fingerprint density at radius 1 is 0.882 bits per heavy atom. The first-order valence-corrected chi connectivity index (χ1v) is 13.6. The van der Waals surface area contributed by atoms with Crippen LogP contribution in [0.25, 0.3) is 11.5 Å². The summed E-state index contributed by atoms with van der Waals surface area (Å²) < 4.78 is 64.2. The molecule has 7 nitrogen and oxygen atoms in total. The van der Waals surface area contributed by atoms with Gasteiger partial charge in [0.2, 0.25) is 30.6 Å². The third-order valence-electron chi connectivity index (χ3n) is 4.77. The maximum absolute atomic E-state index is 13.4. The maximum atomic E-state index is 13.4. The van der Waals surface area contributed by atoms with Gasteiger partial charge in [-0.3, -0.25) is 0 Å². The van der Waals surface area contributed by atoms with E-state index in [4.69, 9.17) is 32.4 Å². The van der Waals surface area contributed by atoms with Gasteiger partial charge in [0, 0.05) is 15.6 Å². The molecule has 0 amide bonds. The molecule has 0 aliphatic rings. The minimum absolute atomic E-state index is 0.119. The monoisotopic (exact) mass is 537 g/mol. The van der Waals surface area contributed by atoms with Crippen LogP contribution in [0.4, 0.5) is 0 Å². The van der Waals surface area contributed by atoms with Crippen LogP contribution in [0.3, 0.4) is 0 Å². The Balaban J connectivity index is 1.88. The van der Waals surface area contributed by atoms with Gasteiger partial charge in [-0.05, 0) is 60.2 Å². The van der Waals surface area contributed by atoms with Gasteiger partial charge < -0.3 is 9.15 Å². The molecule has 11 heteroatoms. The number of hydrogen-bond acceptors (Lipinski definition) is 7. The van der Waals surface area contributed by atoms with Crippen molar-refractivity contribution in [1.82, 2.24) is 4.98 Å². The Morgan fingerprint density at radius 3 is 2.09 bits per heavy atom. The summed E-state index contributed by atoms with van der Waals surface area (Å²) >= 11 is 12.0. The lowest BCUT2D eigenvalue weighted by Crippen LogP contribution is -2.11. The molecule has 0 aliphatic carbocycles. The van der Waals surface area contributed by atoms with Crippen LogP contribution >= 0.6 is 23.2 Å². The molecule has 0 radical (unpaired) electrons. The van der Waals surface area contributed by atoms with Gasteiger partial charge in [-0.1, -0.05) is 41.4 Å². The minimum Gasteiger partial charge on any atom is -0.497 e. The molecule has 0 unspecified atom stereocenters. The Kier molecular flexibility index (Phi) is 6.73. The smallest absolute Gasteiger partial charge is 0.258 e. The van der Waals surface area contributed by atoms with Crippen LogP contribution in [0.2, 0.25) is 10.0 Å². The van der Waals surface area contributed by atoms with Crippen molar-refractivity contribution in [3.8, 4) is 17.2 Å². The van der Waals surface area contributed by atoms with E-state index in [1.54, 1.807) is 30.3 Å². The summed E-state index contributed by atoms with van der Waals surface area (Å²) in [5.74, 6) is -0.208. The second-order valence-corrected chi connectivity index (χ2v) is 11.8. The van der Waals surface area contributed by atoms with Crippen molar-refractivity contribution in [1.29, 1.82) is 0 Å². The topological polar surface area (TPSA) is 104 Å². The molecule has 176 valence electrons. The first-order valence-electron chi connectivity index (χ1n) is 9.73. The fourth-order valence-electron chi connectivity index (χ4n) is 3.21. The van der Waals surface area contributed by atoms with Crippen LogP contribution in [0.5, 0.6) is 5.75 Å². The Bertz CT molecular complexity index is 1530. The van der Waals surface area contributed by atoms with Gasteiger partial charge in [0.05, 0.1) is 17.8 Å². The summed E-state index contributed by atoms with van der Waals surface area (Å²) in [5.41, 5.74) is 0.639. The molecule has 1 heterocycles. The first kappa shape index (κ1) is 24.3. The Labute approximate surface area is 206 Å². The minimum atomic E-state index is -4.32. The van der Waals surface area contributed by atoms with Crippen molar-refractivity contribution in [3.05, 3.63) is 88.4 Å². The second kappa shape index (κ2) is 9.42. The molecule has 0 aliphatic heterocycles. The summed E-state index contributed by atoms with van der Waals surface area (Å²) in [6.07, 6.45) is 0. The van der Waals surface area contributed by atoms with E-state index in [2.05, 4.69) is 4.98 Å². The number of rotatable bonds is 7. The fraction of sp³-hybridized carbons (Fsp3) is 0.0870. The van der Waals surface area contributed by atoms with E-state index in [0.717, 1.165) is 0 Å². The summed E-state index contributed by atoms with van der Waals surface area (Å²) in [6.45, 7) is 0. The number of aromatic nitrogens is 1. The summed E-state index contributed by atoms with van der Waals surface area (Å²) in [4.78, 5) is 3.98. The molecule has 0 spiro atoms. The van der Waals surface area contributed by atoms with Crippen LogP contribution in [-0.4, -0.2) is 28.9 Å². The number of sulfone groups is 2. The lowest BCUT2D eigenvalue weighted by Gasteiger charge is -2.06. The second-order valence-electron chi connectivity index (χ2n) is 7.19. The van der Waals surface area contributed by atoms with E-state index >= 15 is 0 Å². The van der Waals surface area contributed by atoms with Crippen molar-refractivity contribution >= 4 is 42.9 Å². The van der Waals surface area contributed by atoms with Crippen LogP contribution in [0, 0.1) is 0 Å². The van der Waals surface area contributed by atoms with Crippen LogP contribution in [0.15, 0.2) is 92.2 Å². The molecule has 0 bridgehead atoms. The quantitative estimate of drug-likeness (QED) is 0.308. The third-order valence-corrected chi connectivity index (χ3v) is 8.57. The number of halogens is 2. The highest BCUT2D eigenvalue weighted by molar-refractivity contribution is 7.94. The Morgan fingerprint density at radius 2 is 1.50 bits per heavy atom. The summed E-state index contributed by atoms with van der Waals surface area (Å²) in [5, 5.41) is -0.978. The number of nitrogens with zero attached hydrogens (tertiary/aromatic N) is 1. The standard InChI is InChI=1S/C23H17Cl2NO6S2/c1-31-19-9-7-16(8-10-19)21-26-22(34(29,30)20-5-3-2-4-6-20)23(32-21)33(27,28)14-15-11-17(24)13-18(25)12-15/h2-13H,14H2,1H3. The van der Waals surface area contributed by atoms with E-state index in [0.29, 0.717) is 11.3 Å². The van der Waals surface area contributed by atoms with Crippen molar-refractivity contribution in [2.24, 2.45) is 0 Å². The number of hydrogen-bond donors (Lipinski definition) is 0. The fourth-order valence-corrected chi connectivity index (χ4v) is 6.94. The lowest BCUT2D eigenvalue weighted by atomic mass is 10.2.